The molecular formula is C39H38F4N6O4. The van der Waals surface area contributed by atoms with E-state index in [-0.39, 0.29) is 53.2 Å². The van der Waals surface area contributed by atoms with Gasteiger partial charge in [-0.3, -0.25) is 9.48 Å². The highest BCUT2D eigenvalue weighted by molar-refractivity contribution is 5.85. The van der Waals surface area contributed by atoms with Crippen molar-refractivity contribution in [2.75, 3.05) is 13.7 Å². The Morgan fingerprint density at radius 1 is 1.09 bits per heavy atom. The van der Waals surface area contributed by atoms with E-state index in [9.17, 15) is 9.90 Å². The van der Waals surface area contributed by atoms with Crippen LogP contribution in [0.15, 0.2) is 73.1 Å². The maximum atomic E-state index is 15.9. The fourth-order valence-electron chi connectivity index (χ4n) is 7.05. The zero-order valence-corrected chi connectivity index (χ0v) is 29.5. The molecule has 14 heteroatoms. The van der Waals surface area contributed by atoms with Gasteiger partial charge in [0.15, 0.2) is 18.3 Å². The van der Waals surface area contributed by atoms with Gasteiger partial charge in [0.1, 0.15) is 17.7 Å². The summed E-state index contributed by atoms with van der Waals surface area (Å²) in [4.78, 5) is 19.9. The quantitative estimate of drug-likeness (QED) is 0.148. The van der Waals surface area contributed by atoms with Gasteiger partial charge in [0.25, 0.3) is 5.92 Å². The normalized spacial score (nSPS) is 19.4. The Balaban J connectivity index is 1.38. The third-order valence-corrected chi connectivity index (χ3v) is 10.1. The molecule has 0 amide bonds. The van der Waals surface area contributed by atoms with Gasteiger partial charge in [-0.05, 0) is 66.3 Å². The number of carbonyl (C=O) groups excluding carboxylic acids is 1. The van der Waals surface area contributed by atoms with Crippen LogP contribution in [0.25, 0.3) is 22.3 Å². The number of nitrogens with one attached hydrogen (secondary N) is 1. The highest BCUT2D eigenvalue weighted by atomic mass is 19.3. The van der Waals surface area contributed by atoms with E-state index in [1.54, 1.807) is 45.3 Å². The maximum absolute atomic E-state index is 15.9. The van der Waals surface area contributed by atoms with E-state index < -0.39 is 48.0 Å². The first-order chi connectivity index (χ1) is 25.3. The summed E-state index contributed by atoms with van der Waals surface area (Å²) in [7, 11) is 2.88. The van der Waals surface area contributed by atoms with Crippen LogP contribution in [0.3, 0.4) is 0 Å². The lowest BCUT2D eigenvalue weighted by molar-refractivity contribution is -0.144. The molecule has 1 aliphatic rings. The highest BCUT2D eigenvalue weighted by Crippen LogP contribution is 2.41. The average molecular weight is 731 g/mol. The largest absolute Gasteiger partial charge is 0.470 e. The predicted molar refractivity (Wildman–Crippen MR) is 188 cm³/mol. The second-order valence-corrected chi connectivity index (χ2v) is 13.9. The van der Waals surface area contributed by atoms with Gasteiger partial charge in [0.05, 0.1) is 30.6 Å². The molecule has 0 aliphatic carbocycles. The van der Waals surface area contributed by atoms with Crippen LogP contribution in [-0.2, 0) is 35.0 Å². The minimum absolute atomic E-state index is 0.0242. The number of fused-ring (bicyclic) bond motifs is 10. The zero-order chi connectivity index (χ0) is 37.7. The van der Waals surface area contributed by atoms with E-state index in [1.165, 1.54) is 53.0 Å². The molecule has 1 aliphatic heterocycles. The molecule has 276 valence electrons. The molecule has 53 heavy (non-hydrogen) atoms. The van der Waals surface area contributed by atoms with Crippen LogP contribution >= 0.6 is 0 Å². The second kappa shape index (κ2) is 13.8. The number of halogens is 4. The number of carbonyl (C=O) groups is 1. The lowest BCUT2D eigenvalue weighted by Crippen LogP contribution is -2.32. The summed E-state index contributed by atoms with van der Waals surface area (Å²) in [6.07, 6.45) is 1.20. The number of benzene rings is 3. The van der Waals surface area contributed by atoms with Crippen LogP contribution in [0.4, 0.5) is 17.6 Å². The molecule has 6 aromatic rings. The molecule has 7 rings (SSSR count). The van der Waals surface area contributed by atoms with Crippen LogP contribution in [-0.4, -0.2) is 60.2 Å². The topological polar surface area (TPSA) is 120 Å². The average Bonchev–Trinajstić information content (AvgIpc) is 3.89. The number of aromatic amines is 1. The van der Waals surface area contributed by atoms with E-state index in [4.69, 9.17) is 14.5 Å². The number of H-pyrrole nitrogens is 1. The van der Waals surface area contributed by atoms with E-state index in [0.29, 0.717) is 28.5 Å². The number of esters is 1. The van der Waals surface area contributed by atoms with Crippen molar-refractivity contribution in [1.29, 1.82) is 0 Å². The third kappa shape index (κ3) is 6.90. The Kier molecular flexibility index (Phi) is 9.35. The van der Waals surface area contributed by atoms with E-state index in [2.05, 4.69) is 15.2 Å². The number of aliphatic hydroxyl groups excluding tert-OH is 1. The molecule has 4 heterocycles. The van der Waals surface area contributed by atoms with E-state index in [0.717, 1.165) is 5.56 Å². The molecule has 2 unspecified atom stereocenters. The number of rotatable bonds is 4. The first-order valence-corrected chi connectivity index (χ1v) is 17.2. The first-order valence-electron chi connectivity index (χ1n) is 17.2. The van der Waals surface area contributed by atoms with Gasteiger partial charge in [-0.1, -0.05) is 37.3 Å². The number of hydrogen-bond donors (Lipinski definition) is 2. The fraction of sp³-hybridized carbons (Fsp3) is 0.333. The van der Waals surface area contributed by atoms with Gasteiger partial charge in [0, 0.05) is 48.4 Å². The summed E-state index contributed by atoms with van der Waals surface area (Å²) in [6, 6.07) is 15.6. The monoisotopic (exact) mass is 730 g/mol. The van der Waals surface area contributed by atoms with Crippen molar-refractivity contribution in [3.05, 3.63) is 118 Å². The number of methoxy groups -OCH3 is 1. The standard InChI is InChI=1S/C39H38F4N6O4/c1-22(36(51)52-4)16-23-6-5-7-25(17-23)38(2)12-13-39(42,43)21-53-32-11-15-49(46-32)20-28-26-10-14-44-31(26)19-30(41)33(28)34(50)24-8-9-29(40)27(18-24)35-45-37(38)47-48(35)3/h5-11,14-15,17-19,22,34,44,50H,12-13,16,20-21H2,1-4H3/t22-,34?,38?/m0/s1. The molecule has 0 spiro atoms. The summed E-state index contributed by atoms with van der Waals surface area (Å²) in [5, 5.41) is 21.4. The lowest BCUT2D eigenvalue weighted by atomic mass is 9.76. The fourth-order valence-corrected chi connectivity index (χ4v) is 7.05. The number of ether oxygens (including phenoxy) is 2. The number of aliphatic hydroxyl groups is 1. The van der Waals surface area contributed by atoms with E-state index >= 15 is 17.6 Å². The minimum Gasteiger partial charge on any atom is -0.470 e. The molecule has 10 nitrogen and oxygen atoms in total. The van der Waals surface area contributed by atoms with Crippen molar-refractivity contribution in [3.8, 4) is 17.3 Å². The summed E-state index contributed by atoms with van der Waals surface area (Å²) in [6.45, 7) is 2.48. The van der Waals surface area contributed by atoms with Gasteiger partial charge in [-0.2, -0.15) is 5.10 Å². The summed E-state index contributed by atoms with van der Waals surface area (Å²) >= 11 is 0. The second-order valence-electron chi connectivity index (χ2n) is 13.9. The molecule has 3 aromatic heterocycles. The predicted octanol–water partition coefficient (Wildman–Crippen LogP) is 7.03. The molecule has 6 bridgehead atoms. The van der Waals surface area contributed by atoms with Crippen LogP contribution < -0.4 is 4.74 Å². The number of alkyl halides is 2. The zero-order valence-electron chi connectivity index (χ0n) is 29.5. The summed E-state index contributed by atoms with van der Waals surface area (Å²) in [5.41, 5.74) is 1.14. The van der Waals surface area contributed by atoms with Gasteiger partial charge < -0.3 is 19.6 Å². The smallest absolute Gasteiger partial charge is 0.308 e. The molecule has 0 radical (unpaired) electrons. The third-order valence-electron chi connectivity index (χ3n) is 10.1. The van der Waals surface area contributed by atoms with Crippen LogP contribution in [0, 0.1) is 17.6 Å². The molecule has 0 fully saturated rings. The van der Waals surface area contributed by atoms with Crippen LogP contribution in [0.1, 0.15) is 66.4 Å². The summed E-state index contributed by atoms with van der Waals surface area (Å²) in [5.74, 6) is -5.37. The van der Waals surface area contributed by atoms with E-state index in [1.807, 2.05) is 12.1 Å². The molecular weight excluding hydrogens is 692 g/mol. The number of hydrogen-bond acceptors (Lipinski definition) is 7. The Morgan fingerprint density at radius 3 is 2.70 bits per heavy atom. The lowest BCUT2D eigenvalue weighted by Gasteiger charge is -2.30. The molecule has 3 atom stereocenters. The number of aromatic nitrogens is 6. The van der Waals surface area contributed by atoms with Gasteiger partial charge >= 0.3 is 5.97 Å². The maximum Gasteiger partial charge on any atom is 0.308 e. The first kappa shape index (κ1) is 35.9. The van der Waals surface area contributed by atoms with Gasteiger partial charge in [0.2, 0.25) is 5.88 Å². The number of nitrogens with zero attached hydrogens (tertiary/aromatic N) is 5. The van der Waals surface area contributed by atoms with Crippen LogP contribution in [0.5, 0.6) is 5.88 Å². The Hall–Kier alpha value is -5.50. The Labute approximate surface area is 302 Å². The highest BCUT2D eigenvalue weighted by Gasteiger charge is 2.40. The molecule has 0 saturated carbocycles. The van der Waals surface area contributed by atoms with Crippen molar-refractivity contribution < 1.29 is 36.9 Å². The van der Waals surface area contributed by atoms with Crippen molar-refractivity contribution in [1.82, 2.24) is 29.5 Å². The minimum atomic E-state index is -3.32. The van der Waals surface area contributed by atoms with Crippen LogP contribution in [0.2, 0.25) is 0 Å². The Bertz CT molecular complexity index is 2320. The molecule has 2 N–H and O–H groups in total. The summed E-state index contributed by atoms with van der Waals surface area (Å²) < 4.78 is 76.3. The number of aryl methyl sites for hydroxylation is 1. The SMILES string of the molecule is COC(=O)[C@@H](C)Cc1cccc(C2(C)CCC(F)(F)COc3ccn(n3)Cc3c(c(F)cc4[nH]ccc34)C(O)c3ccc(F)c(c3)-c3nc2nn3C)c1. The molecule has 0 saturated heterocycles. The molecule has 3 aromatic carbocycles. The Morgan fingerprint density at radius 2 is 1.91 bits per heavy atom. The van der Waals surface area contributed by atoms with Crippen molar-refractivity contribution >= 4 is 16.9 Å². The van der Waals surface area contributed by atoms with Crippen molar-refractivity contribution in [2.45, 2.75) is 57.1 Å². The van der Waals surface area contributed by atoms with Gasteiger partial charge in [-0.25, -0.2) is 27.2 Å². The van der Waals surface area contributed by atoms with Crippen molar-refractivity contribution in [3.63, 3.8) is 0 Å². The van der Waals surface area contributed by atoms with Gasteiger partial charge in [-0.15, -0.1) is 5.10 Å². The van der Waals surface area contributed by atoms with Crippen molar-refractivity contribution in [2.24, 2.45) is 13.0 Å².